The molecule has 0 spiro atoms. The average Bonchev–Trinajstić information content (AvgIpc) is 2.83. The molecule has 0 N–H and O–H groups in total. The van der Waals surface area contributed by atoms with Crippen LogP contribution in [0.3, 0.4) is 0 Å². The van der Waals surface area contributed by atoms with Gasteiger partial charge in [-0.1, -0.05) is 44.5 Å². The van der Waals surface area contributed by atoms with Gasteiger partial charge >= 0.3 is 0 Å². The van der Waals surface area contributed by atoms with Gasteiger partial charge in [-0.15, -0.1) is 0 Å². The third-order valence-corrected chi connectivity index (χ3v) is 3.14. The number of aldehydes is 1. The topological polar surface area (TPSA) is 34.9 Å². The van der Waals surface area contributed by atoms with E-state index < -0.39 is 0 Å². The zero-order valence-electron chi connectivity index (χ0n) is 11.6. The molecule has 3 nitrogen and oxygen atoms in total. The summed E-state index contributed by atoms with van der Waals surface area (Å²) in [6.45, 7) is 5.11. The molecule has 0 atom stereocenters. The first-order chi connectivity index (χ1) is 9.28. The standard InChI is InChI=1S/C16H20N2O/c1-3-5-13-6-8-14(9-7-13)16-15(12-19)11-18(17-16)10-4-2/h6-9,11-12H,3-5,10H2,1-2H3. The lowest BCUT2D eigenvalue weighted by molar-refractivity contribution is 0.112. The number of benzene rings is 1. The largest absolute Gasteiger partial charge is 0.298 e. The number of aromatic nitrogens is 2. The quantitative estimate of drug-likeness (QED) is 0.738. The van der Waals surface area contributed by atoms with Crippen molar-refractivity contribution in [1.82, 2.24) is 9.78 Å². The first-order valence-electron chi connectivity index (χ1n) is 6.90. The van der Waals surface area contributed by atoms with Gasteiger partial charge in [0, 0.05) is 18.3 Å². The first-order valence-corrected chi connectivity index (χ1v) is 6.90. The molecule has 1 heterocycles. The maximum atomic E-state index is 11.1. The maximum absolute atomic E-state index is 11.1. The number of rotatable bonds is 6. The molecule has 0 fully saturated rings. The fourth-order valence-corrected chi connectivity index (χ4v) is 2.21. The van der Waals surface area contributed by atoms with Crippen molar-refractivity contribution in [3.63, 3.8) is 0 Å². The Labute approximate surface area is 114 Å². The number of hydrogen-bond acceptors (Lipinski definition) is 2. The van der Waals surface area contributed by atoms with E-state index in [2.05, 4.69) is 43.2 Å². The Morgan fingerprint density at radius 3 is 2.47 bits per heavy atom. The van der Waals surface area contributed by atoms with E-state index in [1.54, 1.807) is 0 Å². The van der Waals surface area contributed by atoms with Crippen LogP contribution in [0.25, 0.3) is 11.3 Å². The van der Waals surface area contributed by atoms with Crippen LogP contribution in [0.4, 0.5) is 0 Å². The van der Waals surface area contributed by atoms with Crippen LogP contribution in [0.1, 0.15) is 42.6 Å². The van der Waals surface area contributed by atoms with Gasteiger partial charge in [0.2, 0.25) is 0 Å². The lowest BCUT2D eigenvalue weighted by Crippen LogP contribution is -1.96. The van der Waals surface area contributed by atoms with E-state index in [1.165, 1.54) is 5.56 Å². The third kappa shape index (κ3) is 3.11. The summed E-state index contributed by atoms with van der Waals surface area (Å²) < 4.78 is 1.85. The molecule has 0 unspecified atom stereocenters. The summed E-state index contributed by atoms with van der Waals surface area (Å²) in [5.41, 5.74) is 3.78. The second kappa shape index (κ2) is 6.32. The van der Waals surface area contributed by atoms with Gasteiger partial charge in [-0.2, -0.15) is 5.10 Å². The summed E-state index contributed by atoms with van der Waals surface area (Å²) in [6, 6.07) is 8.34. The van der Waals surface area contributed by atoms with Crippen LogP contribution in [0.15, 0.2) is 30.5 Å². The second-order valence-electron chi connectivity index (χ2n) is 4.76. The molecule has 0 aliphatic carbocycles. The molecule has 0 saturated carbocycles. The smallest absolute Gasteiger partial charge is 0.153 e. The Balaban J connectivity index is 2.31. The van der Waals surface area contributed by atoms with Crippen molar-refractivity contribution in [2.45, 2.75) is 39.7 Å². The van der Waals surface area contributed by atoms with E-state index in [4.69, 9.17) is 0 Å². The van der Waals surface area contributed by atoms with Gasteiger partial charge in [0.1, 0.15) is 5.69 Å². The van der Waals surface area contributed by atoms with Gasteiger partial charge in [-0.3, -0.25) is 9.48 Å². The molecule has 0 saturated heterocycles. The van der Waals surface area contributed by atoms with Crippen LogP contribution in [0.5, 0.6) is 0 Å². The van der Waals surface area contributed by atoms with Gasteiger partial charge in [0.25, 0.3) is 0 Å². The number of carbonyl (C=O) groups is 1. The lowest BCUT2D eigenvalue weighted by Gasteiger charge is -2.02. The molecule has 100 valence electrons. The molecule has 19 heavy (non-hydrogen) atoms. The van der Waals surface area contributed by atoms with E-state index in [0.29, 0.717) is 5.56 Å². The molecule has 2 rings (SSSR count). The predicted octanol–water partition coefficient (Wildman–Crippen LogP) is 3.73. The van der Waals surface area contributed by atoms with Gasteiger partial charge in [-0.25, -0.2) is 0 Å². The molecule has 0 aliphatic heterocycles. The molecule has 0 bridgehead atoms. The van der Waals surface area contributed by atoms with Crippen molar-refractivity contribution in [2.24, 2.45) is 0 Å². The normalized spacial score (nSPS) is 10.6. The van der Waals surface area contributed by atoms with E-state index in [1.807, 2.05) is 10.9 Å². The number of carbonyl (C=O) groups excluding carboxylic acids is 1. The highest BCUT2D eigenvalue weighted by Crippen LogP contribution is 2.22. The van der Waals surface area contributed by atoms with Crippen molar-refractivity contribution in [3.8, 4) is 11.3 Å². The first kappa shape index (κ1) is 13.5. The van der Waals surface area contributed by atoms with Gasteiger partial charge in [-0.05, 0) is 18.4 Å². The molecule has 0 amide bonds. The summed E-state index contributed by atoms with van der Waals surface area (Å²) in [5.74, 6) is 0. The van der Waals surface area contributed by atoms with Crippen molar-refractivity contribution < 1.29 is 4.79 Å². The van der Waals surface area contributed by atoms with Crippen LogP contribution >= 0.6 is 0 Å². The number of aryl methyl sites for hydroxylation is 2. The predicted molar refractivity (Wildman–Crippen MR) is 77.3 cm³/mol. The van der Waals surface area contributed by atoms with Gasteiger partial charge in [0.15, 0.2) is 6.29 Å². The van der Waals surface area contributed by atoms with E-state index in [9.17, 15) is 4.79 Å². The highest BCUT2D eigenvalue weighted by Gasteiger charge is 2.10. The minimum Gasteiger partial charge on any atom is -0.298 e. The third-order valence-electron chi connectivity index (χ3n) is 3.14. The highest BCUT2D eigenvalue weighted by atomic mass is 16.1. The van der Waals surface area contributed by atoms with E-state index in [-0.39, 0.29) is 0 Å². The molecule has 0 radical (unpaired) electrons. The SMILES string of the molecule is CCCc1ccc(-c2nn(CCC)cc2C=O)cc1. The van der Waals surface area contributed by atoms with Crippen LogP contribution in [-0.2, 0) is 13.0 Å². The Kier molecular flexibility index (Phi) is 4.50. The summed E-state index contributed by atoms with van der Waals surface area (Å²) in [6.07, 6.45) is 5.95. The van der Waals surface area contributed by atoms with E-state index >= 15 is 0 Å². The van der Waals surface area contributed by atoms with Gasteiger partial charge in [0.05, 0.1) is 5.56 Å². The highest BCUT2D eigenvalue weighted by molar-refractivity contribution is 5.85. The molecule has 1 aromatic heterocycles. The Bertz CT molecular complexity index is 540. The summed E-state index contributed by atoms with van der Waals surface area (Å²) in [5, 5.41) is 4.50. The summed E-state index contributed by atoms with van der Waals surface area (Å²) in [7, 11) is 0. The molecular formula is C16H20N2O. The van der Waals surface area contributed by atoms with Crippen molar-refractivity contribution in [2.75, 3.05) is 0 Å². The van der Waals surface area contributed by atoms with Crippen molar-refractivity contribution in [3.05, 3.63) is 41.6 Å². The summed E-state index contributed by atoms with van der Waals surface area (Å²) >= 11 is 0. The zero-order valence-corrected chi connectivity index (χ0v) is 11.6. The fraction of sp³-hybridized carbons (Fsp3) is 0.375. The van der Waals surface area contributed by atoms with Crippen LogP contribution in [0, 0.1) is 0 Å². The number of hydrogen-bond donors (Lipinski definition) is 0. The van der Waals surface area contributed by atoms with Crippen molar-refractivity contribution >= 4 is 6.29 Å². The number of nitrogens with zero attached hydrogens (tertiary/aromatic N) is 2. The molecular weight excluding hydrogens is 236 g/mol. The van der Waals surface area contributed by atoms with Crippen molar-refractivity contribution in [1.29, 1.82) is 0 Å². The van der Waals surface area contributed by atoms with Crippen LogP contribution < -0.4 is 0 Å². The zero-order chi connectivity index (χ0) is 13.7. The monoisotopic (exact) mass is 256 g/mol. The fourth-order valence-electron chi connectivity index (χ4n) is 2.21. The summed E-state index contributed by atoms with van der Waals surface area (Å²) in [4.78, 5) is 11.1. The molecule has 0 aliphatic rings. The molecule has 1 aromatic carbocycles. The Morgan fingerprint density at radius 2 is 1.89 bits per heavy atom. The Hall–Kier alpha value is -1.90. The average molecular weight is 256 g/mol. The molecule has 2 aromatic rings. The van der Waals surface area contributed by atoms with Crippen LogP contribution in [-0.4, -0.2) is 16.1 Å². The van der Waals surface area contributed by atoms with Gasteiger partial charge < -0.3 is 0 Å². The van der Waals surface area contributed by atoms with E-state index in [0.717, 1.165) is 43.4 Å². The Morgan fingerprint density at radius 1 is 1.16 bits per heavy atom. The maximum Gasteiger partial charge on any atom is 0.153 e. The van der Waals surface area contributed by atoms with Crippen LogP contribution in [0.2, 0.25) is 0 Å². The lowest BCUT2D eigenvalue weighted by atomic mass is 10.0. The minimum atomic E-state index is 0.664. The minimum absolute atomic E-state index is 0.664. The second-order valence-corrected chi connectivity index (χ2v) is 4.76. The molecule has 3 heteroatoms.